The number of carbonyl (C=O) groups excluding carboxylic acids is 3. The van der Waals surface area contributed by atoms with Crippen molar-refractivity contribution in [3.63, 3.8) is 0 Å². The Morgan fingerprint density at radius 3 is 2.54 bits per heavy atom. The van der Waals surface area contributed by atoms with Gasteiger partial charge in [0.25, 0.3) is 5.91 Å². The lowest BCUT2D eigenvalue weighted by molar-refractivity contribution is -0.144. The number of ketones is 1. The SMILES string of the molecule is CCOC(=O)CN1C(=O)C(O)(CC(=O)c2ccc(C)cc2C)c2ccccc21. The number of Topliss-reactive ketones (excluding diaryl/α,β-unsaturated/α-hetero) is 1. The van der Waals surface area contributed by atoms with Crippen LogP contribution in [0.5, 0.6) is 0 Å². The van der Waals surface area contributed by atoms with Gasteiger partial charge in [-0.15, -0.1) is 0 Å². The predicted molar refractivity (Wildman–Crippen MR) is 104 cm³/mol. The van der Waals surface area contributed by atoms with E-state index in [1.807, 2.05) is 26.0 Å². The Hall–Kier alpha value is -2.99. The van der Waals surface area contributed by atoms with E-state index in [9.17, 15) is 19.5 Å². The molecule has 0 fully saturated rings. The van der Waals surface area contributed by atoms with Gasteiger partial charge in [0, 0.05) is 11.1 Å². The number of ether oxygens (including phenoxy) is 1. The Bertz CT molecular complexity index is 952. The number of hydrogen-bond acceptors (Lipinski definition) is 5. The van der Waals surface area contributed by atoms with Crippen molar-refractivity contribution in [3.8, 4) is 0 Å². The van der Waals surface area contributed by atoms with E-state index in [4.69, 9.17) is 4.74 Å². The molecule has 0 bridgehead atoms. The van der Waals surface area contributed by atoms with Gasteiger partial charge >= 0.3 is 5.97 Å². The van der Waals surface area contributed by atoms with Crippen LogP contribution in [0.15, 0.2) is 42.5 Å². The predicted octanol–water partition coefficient (Wildman–Crippen LogP) is 2.67. The number of fused-ring (bicyclic) bond motifs is 1. The molecule has 0 spiro atoms. The Balaban J connectivity index is 1.94. The molecule has 3 rings (SSSR count). The van der Waals surface area contributed by atoms with E-state index in [2.05, 4.69) is 0 Å². The van der Waals surface area contributed by atoms with Crippen LogP contribution in [0.4, 0.5) is 5.69 Å². The van der Waals surface area contributed by atoms with Gasteiger partial charge in [0.15, 0.2) is 11.4 Å². The summed E-state index contributed by atoms with van der Waals surface area (Å²) in [5.41, 5.74) is 0.996. The van der Waals surface area contributed by atoms with Crippen LogP contribution in [0.3, 0.4) is 0 Å². The minimum Gasteiger partial charge on any atom is -0.465 e. The van der Waals surface area contributed by atoms with Crippen molar-refractivity contribution in [2.45, 2.75) is 32.8 Å². The third-order valence-corrected chi connectivity index (χ3v) is 4.93. The molecule has 0 saturated heterocycles. The van der Waals surface area contributed by atoms with Crippen molar-refractivity contribution in [3.05, 3.63) is 64.7 Å². The van der Waals surface area contributed by atoms with Gasteiger partial charge in [0.2, 0.25) is 0 Å². The van der Waals surface area contributed by atoms with E-state index in [-0.39, 0.29) is 18.9 Å². The molecule has 146 valence electrons. The lowest BCUT2D eigenvalue weighted by atomic mass is 9.87. The summed E-state index contributed by atoms with van der Waals surface area (Å²) in [5, 5.41) is 11.2. The molecule has 1 aliphatic rings. The number of nitrogens with zero attached hydrogens (tertiary/aromatic N) is 1. The molecule has 1 aliphatic heterocycles. The summed E-state index contributed by atoms with van der Waals surface area (Å²) in [6, 6.07) is 12.1. The van der Waals surface area contributed by atoms with Crippen molar-refractivity contribution in [2.75, 3.05) is 18.1 Å². The fourth-order valence-electron chi connectivity index (χ4n) is 3.62. The van der Waals surface area contributed by atoms with E-state index in [1.54, 1.807) is 37.3 Å². The average molecular weight is 381 g/mol. The van der Waals surface area contributed by atoms with Crippen molar-refractivity contribution >= 4 is 23.3 Å². The molecule has 6 heteroatoms. The van der Waals surface area contributed by atoms with Gasteiger partial charge in [0.1, 0.15) is 6.54 Å². The lowest BCUT2D eigenvalue weighted by Gasteiger charge is -2.22. The van der Waals surface area contributed by atoms with Crippen LogP contribution >= 0.6 is 0 Å². The van der Waals surface area contributed by atoms with Gasteiger partial charge in [-0.25, -0.2) is 0 Å². The van der Waals surface area contributed by atoms with E-state index in [0.717, 1.165) is 11.1 Å². The smallest absolute Gasteiger partial charge is 0.326 e. The molecule has 1 heterocycles. The quantitative estimate of drug-likeness (QED) is 0.614. The van der Waals surface area contributed by atoms with Crippen molar-refractivity contribution in [1.82, 2.24) is 0 Å². The van der Waals surface area contributed by atoms with Gasteiger partial charge in [-0.1, -0.05) is 42.0 Å². The van der Waals surface area contributed by atoms with E-state index >= 15 is 0 Å². The molecule has 28 heavy (non-hydrogen) atoms. The number of hydrogen-bond donors (Lipinski definition) is 1. The molecular formula is C22H23NO5. The summed E-state index contributed by atoms with van der Waals surface area (Å²) in [6.45, 7) is 5.30. The number of aliphatic hydroxyl groups is 1. The highest BCUT2D eigenvalue weighted by molar-refractivity contribution is 6.12. The first-order valence-corrected chi connectivity index (χ1v) is 9.18. The first-order chi connectivity index (χ1) is 13.3. The zero-order chi connectivity index (χ0) is 20.5. The third-order valence-electron chi connectivity index (χ3n) is 4.93. The molecule has 1 amide bonds. The van der Waals surface area contributed by atoms with E-state index < -0.39 is 23.9 Å². The summed E-state index contributed by atoms with van der Waals surface area (Å²) in [6.07, 6.45) is -0.397. The fraction of sp³-hybridized carbons (Fsp3) is 0.318. The molecule has 1 N–H and O–H groups in total. The number of para-hydroxylation sites is 1. The highest BCUT2D eigenvalue weighted by Gasteiger charge is 2.51. The average Bonchev–Trinajstić information content (AvgIpc) is 2.84. The normalized spacial score (nSPS) is 18.1. The molecule has 1 atom stereocenters. The Labute approximate surface area is 163 Å². The molecule has 0 saturated carbocycles. The molecule has 2 aromatic rings. The highest BCUT2D eigenvalue weighted by atomic mass is 16.5. The van der Waals surface area contributed by atoms with Gasteiger partial charge in [0.05, 0.1) is 18.7 Å². The largest absolute Gasteiger partial charge is 0.465 e. The second-order valence-electron chi connectivity index (χ2n) is 6.99. The Kier molecular flexibility index (Phi) is 5.34. The zero-order valence-electron chi connectivity index (χ0n) is 16.2. The summed E-state index contributed by atoms with van der Waals surface area (Å²) < 4.78 is 4.93. The first kappa shape index (κ1) is 19.8. The zero-order valence-corrected chi connectivity index (χ0v) is 16.2. The number of aryl methyl sites for hydroxylation is 2. The Morgan fingerprint density at radius 1 is 1.14 bits per heavy atom. The van der Waals surface area contributed by atoms with E-state index in [1.165, 1.54) is 4.90 Å². The third kappa shape index (κ3) is 3.43. The summed E-state index contributed by atoms with van der Waals surface area (Å²) >= 11 is 0. The maximum Gasteiger partial charge on any atom is 0.326 e. The van der Waals surface area contributed by atoms with Crippen molar-refractivity contribution < 1.29 is 24.2 Å². The van der Waals surface area contributed by atoms with Gasteiger partial charge in [-0.2, -0.15) is 0 Å². The van der Waals surface area contributed by atoms with Crippen LogP contribution in [0.25, 0.3) is 0 Å². The van der Waals surface area contributed by atoms with Crippen LogP contribution in [0, 0.1) is 13.8 Å². The Morgan fingerprint density at radius 2 is 1.86 bits per heavy atom. The van der Waals surface area contributed by atoms with Gasteiger partial charge in [-0.05, 0) is 32.4 Å². The number of amides is 1. The monoisotopic (exact) mass is 381 g/mol. The minimum absolute atomic E-state index is 0.192. The minimum atomic E-state index is -2.02. The van der Waals surface area contributed by atoms with Crippen LogP contribution in [0.1, 0.15) is 40.4 Å². The number of rotatable bonds is 6. The van der Waals surface area contributed by atoms with Crippen LogP contribution < -0.4 is 4.90 Å². The second kappa shape index (κ2) is 7.56. The fourth-order valence-corrected chi connectivity index (χ4v) is 3.62. The summed E-state index contributed by atoms with van der Waals surface area (Å²) in [7, 11) is 0. The molecule has 0 aromatic heterocycles. The van der Waals surface area contributed by atoms with Crippen LogP contribution in [-0.4, -0.2) is 35.9 Å². The van der Waals surface area contributed by atoms with Crippen LogP contribution in [-0.2, 0) is 19.9 Å². The van der Waals surface area contributed by atoms with Crippen molar-refractivity contribution in [2.24, 2.45) is 0 Å². The molecule has 2 aromatic carbocycles. The molecular weight excluding hydrogens is 358 g/mol. The number of carbonyl (C=O) groups is 3. The number of anilines is 1. The van der Waals surface area contributed by atoms with Gasteiger partial charge in [-0.3, -0.25) is 19.3 Å². The van der Waals surface area contributed by atoms with E-state index in [0.29, 0.717) is 16.8 Å². The maximum atomic E-state index is 13.0. The second-order valence-corrected chi connectivity index (χ2v) is 6.99. The number of esters is 1. The number of benzene rings is 2. The molecule has 0 aliphatic carbocycles. The lowest BCUT2D eigenvalue weighted by Crippen LogP contribution is -2.44. The summed E-state index contributed by atoms with van der Waals surface area (Å²) in [5.74, 6) is -1.60. The first-order valence-electron chi connectivity index (χ1n) is 9.18. The standard InChI is InChI=1S/C22H23NO5/c1-4-28-20(25)13-23-18-8-6-5-7-17(18)22(27,21(23)26)12-19(24)16-10-9-14(2)11-15(16)3/h5-11,27H,4,12-13H2,1-3H3. The van der Waals surface area contributed by atoms with Crippen LogP contribution in [0.2, 0.25) is 0 Å². The molecule has 1 unspecified atom stereocenters. The van der Waals surface area contributed by atoms with Crippen molar-refractivity contribution in [1.29, 1.82) is 0 Å². The maximum absolute atomic E-state index is 13.0. The van der Waals surface area contributed by atoms with Gasteiger partial charge < -0.3 is 9.84 Å². The summed E-state index contributed by atoms with van der Waals surface area (Å²) in [4.78, 5) is 39.1. The molecule has 6 nitrogen and oxygen atoms in total. The highest BCUT2D eigenvalue weighted by Crippen LogP contribution is 2.42. The molecule has 0 radical (unpaired) electrons. The topological polar surface area (TPSA) is 83.9 Å².